The number of ether oxygens (including phenoxy) is 1. The molecule has 0 bridgehead atoms. The van der Waals surface area contributed by atoms with Gasteiger partial charge in [-0.25, -0.2) is 4.39 Å². The minimum atomic E-state index is -0.454. The van der Waals surface area contributed by atoms with E-state index in [4.69, 9.17) is 10.6 Å². The van der Waals surface area contributed by atoms with Crippen LogP contribution >= 0.6 is 0 Å². The van der Waals surface area contributed by atoms with E-state index in [1.165, 1.54) is 6.07 Å². The molecule has 2 aromatic rings. The van der Waals surface area contributed by atoms with Gasteiger partial charge in [-0.3, -0.25) is 21.2 Å². The molecule has 2 heterocycles. The van der Waals surface area contributed by atoms with Crippen molar-refractivity contribution in [3.8, 4) is 5.75 Å². The number of aryl methyl sites for hydroxylation is 1. The molecule has 0 spiro atoms. The van der Waals surface area contributed by atoms with Crippen molar-refractivity contribution in [2.75, 3.05) is 7.11 Å². The monoisotopic (exact) mass is 290 g/mol. The maximum atomic E-state index is 13.8. The zero-order chi connectivity index (χ0) is 15.4. The van der Waals surface area contributed by atoms with E-state index in [-0.39, 0.29) is 5.69 Å². The Balaban J connectivity index is 2.34. The van der Waals surface area contributed by atoms with Crippen LogP contribution in [0, 0.1) is 19.7 Å². The molecular formula is C15H19FN4O. The fraction of sp³-hybridized carbons (Fsp3) is 0.333. The molecular weight excluding hydrogens is 271 g/mol. The van der Waals surface area contributed by atoms with Gasteiger partial charge >= 0.3 is 0 Å². The molecule has 0 aliphatic heterocycles. The van der Waals surface area contributed by atoms with Crippen LogP contribution in [0.15, 0.2) is 24.5 Å². The van der Waals surface area contributed by atoms with Crippen molar-refractivity contribution in [3.05, 3.63) is 52.9 Å². The molecule has 0 radical (unpaired) electrons. The molecule has 0 aliphatic carbocycles. The third-order valence-electron chi connectivity index (χ3n) is 3.47. The quantitative estimate of drug-likeness (QED) is 0.651. The number of rotatable bonds is 5. The van der Waals surface area contributed by atoms with E-state index < -0.39 is 11.9 Å². The van der Waals surface area contributed by atoms with E-state index >= 15 is 0 Å². The fourth-order valence-corrected chi connectivity index (χ4v) is 2.36. The lowest BCUT2D eigenvalue weighted by atomic mass is 10.0. The molecule has 0 saturated carbocycles. The second kappa shape index (κ2) is 6.60. The van der Waals surface area contributed by atoms with Crippen molar-refractivity contribution < 1.29 is 9.13 Å². The number of pyridine rings is 2. The Morgan fingerprint density at radius 3 is 2.76 bits per heavy atom. The largest absolute Gasteiger partial charge is 0.496 e. The Morgan fingerprint density at radius 1 is 1.38 bits per heavy atom. The first-order valence-corrected chi connectivity index (χ1v) is 6.64. The standard InChI is InChI=1S/C15H19FN4O/c1-9-8-19-12(10(2)15(9)21-3)7-13(20-17)14-11(16)5-4-6-18-14/h4-6,8,13,20H,7,17H2,1-3H3. The number of halogens is 1. The maximum absolute atomic E-state index is 13.8. The Kier molecular flexibility index (Phi) is 4.82. The summed E-state index contributed by atoms with van der Waals surface area (Å²) in [7, 11) is 1.62. The summed E-state index contributed by atoms with van der Waals surface area (Å²) >= 11 is 0. The zero-order valence-corrected chi connectivity index (χ0v) is 12.4. The highest BCUT2D eigenvalue weighted by Gasteiger charge is 2.19. The van der Waals surface area contributed by atoms with Crippen molar-refractivity contribution in [2.24, 2.45) is 5.84 Å². The lowest BCUT2D eigenvalue weighted by Gasteiger charge is -2.18. The Morgan fingerprint density at radius 2 is 2.14 bits per heavy atom. The molecule has 6 heteroatoms. The van der Waals surface area contributed by atoms with Gasteiger partial charge in [0.05, 0.1) is 18.8 Å². The molecule has 112 valence electrons. The highest BCUT2D eigenvalue weighted by molar-refractivity contribution is 5.41. The summed E-state index contributed by atoms with van der Waals surface area (Å²) in [5, 5.41) is 0. The molecule has 0 fully saturated rings. The average molecular weight is 290 g/mol. The van der Waals surface area contributed by atoms with E-state index in [2.05, 4.69) is 15.4 Å². The molecule has 0 aliphatic rings. The van der Waals surface area contributed by atoms with Crippen LogP contribution in [0.4, 0.5) is 4.39 Å². The second-order valence-corrected chi connectivity index (χ2v) is 4.84. The Bertz CT molecular complexity index is 633. The molecule has 0 saturated heterocycles. The second-order valence-electron chi connectivity index (χ2n) is 4.84. The van der Waals surface area contributed by atoms with Crippen LogP contribution in [-0.2, 0) is 6.42 Å². The Labute approximate surface area is 123 Å². The third kappa shape index (κ3) is 3.17. The topological polar surface area (TPSA) is 73.1 Å². The molecule has 1 unspecified atom stereocenters. The molecule has 5 nitrogen and oxygen atoms in total. The number of methoxy groups -OCH3 is 1. The van der Waals surface area contributed by atoms with Crippen LogP contribution in [-0.4, -0.2) is 17.1 Å². The smallest absolute Gasteiger partial charge is 0.146 e. The molecule has 1 atom stereocenters. The number of nitrogens with zero attached hydrogens (tertiary/aromatic N) is 2. The van der Waals surface area contributed by atoms with Gasteiger partial charge in [0.25, 0.3) is 0 Å². The van der Waals surface area contributed by atoms with E-state index in [0.717, 1.165) is 22.6 Å². The van der Waals surface area contributed by atoms with Crippen molar-refractivity contribution in [3.63, 3.8) is 0 Å². The van der Waals surface area contributed by atoms with Crippen molar-refractivity contribution >= 4 is 0 Å². The van der Waals surface area contributed by atoms with Crippen LogP contribution in [0.25, 0.3) is 0 Å². The van der Waals surface area contributed by atoms with Crippen LogP contribution < -0.4 is 16.0 Å². The summed E-state index contributed by atoms with van der Waals surface area (Å²) in [6, 6.07) is 2.46. The summed E-state index contributed by atoms with van der Waals surface area (Å²) in [4.78, 5) is 8.46. The van der Waals surface area contributed by atoms with Crippen molar-refractivity contribution in [1.82, 2.24) is 15.4 Å². The van der Waals surface area contributed by atoms with Gasteiger partial charge in [0, 0.05) is 35.6 Å². The third-order valence-corrected chi connectivity index (χ3v) is 3.47. The van der Waals surface area contributed by atoms with Crippen molar-refractivity contribution in [1.29, 1.82) is 0 Å². The number of hydrogen-bond acceptors (Lipinski definition) is 5. The van der Waals surface area contributed by atoms with Gasteiger partial charge in [0.2, 0.25) is 0 Å². The number of hydrogen-bond donors (Lipinski definition) is 2. The minimum Gasteiger partial charge on any atom is -0.496 e. The lowest BCUT2D eigenvalue weighted by Crippen LogP contribution is -2.31. The van der Waals surface area contributed by atoms with Gasteiger partial charge in [-0.15, -0.1) is 0 Å². The highest BCUT2D eigenvalue weighted by atomic mass is 19.1. The first-order valence-electron chi connectivity index (χ1n) is 6.64. The first-order chi connectivity index (χ1) is 10.1. The molecule has 2 aromatic heterocycles. The van der Waals surface area contributed by atoms with E-state index in [1.807, 2.05) is 13.8 Å². The van der Waals surface area contributed by atoms with E-state index in [1.54, 1.807) is 25.6 Å². The summed E-state index contributed by atoms with van der Waals surface area (Å²) in [6.07, 6.45) is 3.70. The molecule has 0 aromatic carbocycles. The predicted octanol–water partition coefficient (Wildman–Crippen LogP) is 1.99. The number of hydrazine groups is 1. The molecule has 2 rings (SSSR count). The SMILES string of the molecule is COc1c(C)cnc(CC(NN)c2ncccc2F)c1C. The van der Waals surface area contributed by atoms with Gasteiger partial charge in [0.15, 0.2) is 0 Å². The first kappa shape index (κ1) is 15.3. The summed E-state index contributed by atoms with van der Waals surface area (Å²) in [5.41, 5.74) is 5.56. The van der Waals surface area contributed by atoms with Crippen LogP contribution in [0.2, 0.25) is 0 Å². The molecule has 0 amide bonds. The molecule has 21 heavy (non-hydrogen) atoms. The van der Waals surface area contributed by atoms with E-state index in [9.17, 15) is 4.39 Å². The van der Waals surface area contributed by atoms with Gasteiger partial charge in [0.1, 0.15) is 11.6 Å². The summed E-state index contributed by atoms with van der Waals surface area (Å²) in [5.74, 6) is 5.95. The van der Waals surface area contributed by atoms with Crippen molar-refractivity contribution in [2.45, 2.75) is 26.3 Å². The minimum absolute atomic E-state index is 0.278. The lowest BCUT2D eigenvalue weighted by molar-refractivity contribution is 0.405. The Hall–Kier alpha value is -2.05. The number of nitrogens with one attached hydrogen (secondary N) is 1. The summed E-state index contributed by atoms with van der Waals surface area (Å²) < 4.78 is 19.2. The maximum Gasteiger partial charge on any atom is 0.146 e. The number of nitrogens with two attached hydrogens (primary N) is 1. The highest BCUT2D eigenvalue weighted by Crippen LogP contribution is 2.27. The normalized spacial score (nSPS) is 12.2. The van der Waals surface area contributed by atoms with Gasteiger partial charge in [-0.05, 0) is 26.0 Å². The average Bonchev–Trinajstić information content (AvgIpc) is 2.48. The van der Waals surface area contributed by atoms with Gasteiger partial charge < -0.3 is 4.74 Å². The van der Waals surface area contributed by atoms with E-state index in [0.29, 0.717) is 6.42 Å². The number of aromatic nitrogens is 2. The fourth-order valence-electron chi connectivity index (χ4n) is 2.36. The van der Waals surface area contributed by atoms with Crippen LogP contribution in [0.1, 0.15) is 28.6 Å². The van der Waals surface area contributed by atoms with Gasteiger partial charge in [-0.2, -0.15) is 0 Å². The van der Waals surface area contributed by atoms with Crippen LogP contribution in [0.5, 0.6) is 5.75 Å². The summed E-state index contributed by atoms with van der Waals surface area (Å²) in [6.45, 7) is 3.86. The zero-order valence-electron chi connectivity index (χ0n) is 12.4. The predicted molar refractivity (Wildman–Crippen MR) is 78.2 cm³/mol. The van der Waals surface area contributed by atoms with Crippen LogP contribution in [0.3, 0.4) is 0 Å². The van der Waals surface area contributed by atoms with Gasteiger partial charge in [-0.1, -0.05) is 0 Å². The molecule has 3 N–H and O–H groups in total.